The first-order valence-electron chi connectivity index (χ1n) is 9.54. The fraction of sp³-hybridized carbons (Fsp3) is 0.333. The molecule has 0 aromatic heterocycles. The number of carbonyl (C=O) groups is 2. The molecule has 9 heteroatoms. The second-order valence-electron chi connectivity index (χ2n) is 7.25. The Labute approximate surface area is 181 Å². The largest absolute Gasteiger partial charge is 0.338 e. The standard InChI is InChI=1S/C21H24ClN3O4S/c1-16-3-5-17(6-4-16)21(27)25-13-11-24(12-14-25)20(26)15-23(2)30(28,29)19-9-7-18(22)8-10-19/h3-10H,11-15H2,1-2H3. The SMILES string of the molecule is Cc1ccc(C(=O)N2CCN(C(=O)CN(C)S(=O)(=O)c3ccc(Cl)cc3)CC2)cc1. The second kappa shape index (κ2) is 9.16. The lowest BCUT2D eigenvalue weighted by atomic mass is 10.1. The van der Waals surface area contributed by atoms with Gasteiger partial charge in [0.15, 0.2) is 0 Å². The van der Waals surface area contributed by atoms with Crippen molar-refractivity contribution >= 4 is 33.4 Å². The highest BCUT2D eigenvalue weighted by Crippen LogP contribution is 2.18. The van der Waals surface area contributed by atoms with Crippen LogP contribution in [0.4, 0.5) is 0 Å². The number of benzene rings is 2. The molecule has 7 nitrogen and oxygen atoms in total. The van der Waals surface area contributed by atoms with E-state index in [0.717, 1.165) is 9.87 Å². The van der Waals surface area contributed by atoms with Gasteiger partial charge in [-0.3, -0.25) is 9.59 Å². The summed E-state index contributed by atoms with van der Waals surface area (Å²) in [6, 6.07) is 13.2. The number of sulfonamides is 1. The van der Waals surface area contributed by atoms with Crippen molar-refractivity contribution in [2.45, 2.75) is 11.8 Å². The number of piperazine rings is 1. The first kappa shape index (κ1) is 22.3. The zero-order valence-electron chi connectivity index (χ0n) is 16.9. The van der Waals surface area contributed by atoms with Gasteiger partial charge in [0.1, 0.15) is 0 Å². The lowest BCUT2D eigenvalue weighted by Crippen LogP contribution is -2.52. The Hall–Kier alpha value is -2.42. The zero-order chi connectivity index (χ0) is 21.9. The first-order chi connectivity index (χ1) is 14.2. The van der Waals surface area contributed by atoms with E-state index in [9.17, 15) is 18.0 Å². The minimum atomic E-state index is -3.79. The third-order valence-electron chi connectivity index (χ3n) is 5.10. The third kappa shape index (κ3) is 5.00. The van der Waals surface area contributed by atoms with Crippen LogP contribution in [0.1, 0.15) is 15.9 Å². The van der Waals surface area contributed by atoms with Crippen LogP contribution in [0.25, 0.3) is 0 Å². The Kier molecular flexibility index (Phi) is 6.80. The molecule has 1 fully saturated rings. The van der Waals surface area contributed by atoms with Gasteiger partial charge in [-0.15, -0.1) is 0 Å². The molecule has 0 saturated carbocycles. The second-order valence-corrected chi connectivity index (χ2v) is 9.74. The van der Waals surface area contributed by atoms with Crippen LogP contribution in [0.5, 0.6) is 0 Å². The van der Waals surface area contributed by atoms with E-state index in [0.29, 0.717) is 36.8 Å². The number of halogens is 1. The number of likely N-dealkylation sites (N-methyl/N-ethyl adjacent to an activating group) is 1. The number of amides is 2. The molecule has 3 rings (SSSR count). The Morgan fingerprint density at radius 3 is 2.03 bits per heavy atom. The lowest BCUT2D eigenvalue weighted by molar-refractivity contribution is -0.132. The number of rotatable bonds is 5. The maximum absolute atomic E-state index is 12.6. The molecule has 0 bridgehead atoms. The molecular formula is C21H24ClN3O4S. The molecule has 0 N–H and O–H groups in total. The maximum Gasteiger partial charge on any atom is 0.253 e. The molecule has 2 aromatic carbocycles. The molecule has 1 aliphatic heterocycles. The van der Waals surface area contributed by atoms with Crippen LogP contribution in [0.15, 0.2) is 53.4 Å². The van der Waals surface area contributed by atoms with Gasteiger partial charge in [0, 0.05) is 43.8 Å². The Morgan fingerprint density at radius 2 is 1.47 bits per heavy atom. The fourth-order valence-electron chi connectivity index (χ4n) is 3.20. The molecule has 0 unspecified atom stereocenters. The van der Waals surface area contributed by atoms with Gasteiger partial charge in [-0.2, -0.15) is 4.31 Å². The minimum absolute atomic E-state index is 0.0652. The van der Waals surface area contributed by atoms with Crippen molar-refractivity contribution < 1.29 is 18.0 Å². The normalized spacial score (nSPS) is 14.8. The first-order valence-corrected chi connectivity index (χ1v) is 11.4. The summed E-state index contributed by atoms with van der Waals surface area (Å²) in [6.45, 7) is 3.24. The lowest BCUT2D eigenvalue weighted by Gasteiger charge is -2.35. The predicted molar refractivity (Wildman–Crippen MR) is 115 cm³/mol. The highest BCUT2D eigenvalue weighted by atomic mass is 35.5. The highest BCUT2D eigenvalue weighted by Gasteiger charge is 2.28. The topological polar surface area (TPSA) is 78.0 Å². The molecule has 160 valence electrons. The van der Waals surface area contributed by atoms with Gasteiger partial charge in [-0.05, 0) is 43.3 Å². The summed E-state index contributed by atoms with van der Waals surface area (Å²) in [5.41, 5.74) is 1.70. The number of carbonyl (C=O) groups excluding carboxylic acids is 2. The van der Waals surface area contributed by atoms with E-state index in [2.05, 4.69) is 0 Å². The van der Waals surface area contributed by atoms with Gasteiger partial charge >= 0.3 is 0 Å². The Balaban J connectivity index is 1.56. The molecule has 0 atom stereocenters. The van der Waals surface area contributed by atoms with Crippen molar-refractivity contribution in [3.63, 3.8) is 0 Å². The average molecular weight is 450 g/mol. The van der Waals surface area contributed by atoms with Gasteiger partial charge in [0.2, 0.25) is 15.9 Å². The molecule has 1 aliphatic rings. The summed E-state index contributed by atoms with van der Waals surface area (Å²) in [7, 11) is -2.42. The van der Waals surface area contributed by atoms with Gasteiger partial charge < -0.3 is 9.80 Å². The van der Waals surface area contributed by atoms with Crippen molar-refractivity contribution in [3.05, 3.63) is 64.7 Å². The summed E-state index contributed by atoms with van der Waals surface area (Å²) < 4.78 is 26.3. The van der Waals surface area contributed by atoms with Gasteiger partial charge in [-0.1, -0.05) is 29.3 Å². The van der Waals surface area contributed by atoms with E-state index in [4.69, 9.17) is 11.6 Å². The molecule has 2 aromatic rings. The van der Waals surface area contributed by atoms with Crippen molar-refractivity contribution in [1.82, 2.24) is 14.1 Å². The number of hydrogen-bond acceptors (Lipinski definition) is 4. The summed E-state index contributed by atoms with van der Waals surface area (Å²) in [6.07, 6.45) is 0. The molecule has 30 heavy (non-hydrogen) atoms. The van der Waals surface area contributed by atoms with Crippen LogP contribution in [0.2, 0.25) is 5.02 Å². The van der Waals surface area contributed by atoms with Gasteiger partial charge in [-0.25, -0.2) is 8.42 Å². The van der Waals surface area contributed by atoms with Crippen LogP contribution >= 0.6 is 11.6 Å². The molecule has 1 heterocycles. The Bertz CT molecular complexity index is 1020. The van der Waals surface area contributed by atoms with Crippen LogP contribution in [0.3, 0.4) is 0 Å². The van der Waals surface area contributed by atoms with Crippen molar-refractivity contribution in [3.8, 4) is 0 Å². The van der Waals surface area contributed by atoms with Crippen molar-refractivity contribution in [2.75, 3.05) is 39.8 Å². The minimum Gasteiger partial charge on any atom is -0.338 e. The van der Waals surface area contributed by atoms with Crippen molar-refractivity contribution in [1.29, 1.82) is 0 Å². The molecule has 0 radical (unpaired) electrons. The quantitative estimate of drug-likeness (QED) is 0.701. The molecule has 2 amide bonds. The summed E-state index contributed by atoms with van der Waals surface area (Å²) in [5.74, 6) is -0.359. The molecular weight excluding hydrogens is 426 g/mol. The van der Waals surface area contributed by atoms with E-state index < -0.39 is 10.0 Å². The molecule has 0 spiro atoms. The number of nitrogens with zero attached hydrogens (tertiary/aromatic N) is 3. The number of aryl methyl sites for hydroxylation is 1. The number of hydrogen-bond donors (Lipinski definition) is 0. The van der Waals surface area contributed by atoms with Gasteiger partial charge in [0.25, 0.3) is 5.91 Å². The maximum atomic E-state index is 12.6. The summed E-state index contributed by atoms with van der Waals surface area (Å²) in [5, 5.41) is 0.436. The third-order valence-corrected chi connectivity index (χ3v) is 7.17. The van der Waals surface area contributed by atoms with Crippen LogP contribution < -0.4 is 0 Å². The van der Waals surface area contributed by atoms with Crippen molar-refractivity contribution in [2.24, 2.45) is 0 Å². The predicted octanol–water partition coefficient (Wildman–Crippen LogP) is 2.25. The van der Waals surface area contributed by atoms with E-state index >= 15 is 0 Å². The van der Waals surface area contributed by atoms with Crippen LogP contribution in [-0.2, 0) is 14.8 Å². The molecule has 0 aliphatic carbocycles. The Morgan fingerprint density at radius 1 is 0.933 bits per heavy atom. The van der Waals surface area contributed by atoms with E-state index in [-0.39, 0.29) is 23.3 Å². The molecule has 1 saturated heterocycles. The fourth-order valence-corrected chi connectivity index (χ4v) is 4.45. The van der Waals surface area contributed by atoms with Crippen LogP contribution in [-0.4, -0.2) is 74.1 Å². The van der Waals surface area contributed by atoms with Crippen LogP contribution in [0, 0.1) is 6.92 Å². The van der Waals surface area contributed by atoms with E-state index in [1.807, 2.05) is 19.1 Å². The zero-order valence-corrected chi connectivity index (χ0v) is 18.5. The highest BCUT2D eigenvalue weighted by molar-refractivity contribution is 7.89. The smallest absolute Gasteiger partial charge is 0.253 e. The van der Waals surface area contributed by atoms with Gasteiger partial charge in [0.05, 0.1) is 11.4 Å². The van der Waals surface area contributed by atoms with E-state index in [1.54, 1.807) is 21.9 Å². The summed E-state index contributed by atoms with van der Waals surface area (Å²) in [4.78, 5) is 28.6. The average Bonchev–Trinajstić information content (AvgIpc) is 2.74. The summed E-state index contributed by atoms with van der Waals surface area (Å²) >= 11 is 5.81. The van der Waals surface area contributed by atoms with E-state index in [1.165, 1.54) is 31.3 Å². The monoisotopic (exact) mass is 449 g/mol.